The molecule has 3 aromatic rings. The van der Waals surface area contributed by atoms with E-state index in [9.17, 15) is 0 Å². The van der Waals surface area contributed by atoms with Crippen LogP contribution < -0.4 is 10.1 Å². The van der Waals surface area contributed by atoms with Crippen LogP contribution in [0.3, 0.4) is 0 Å². The van der Waals surface area contributed by atoms with Crippen LogP contribution in [0.2, 0.25) is 0 Å². The zero-order chi connectivity index (χ0) is 15.4. The lowest BCUT2D eigenvalue weighted by Crippen LogP contribution is -2.08. The van der Waals surface area contributed by atoms with Gasteiger partial charge in [-0.15, -0.1) is 5.10 Å². The number of rotatable bonds is 5. The molecule has 0 amide bonds. The van der Waals surface area contributed by atoms with Crippen molar-refractivity contribution in [1.29, 1.82) is 0 Å². The number of hydrogen-bond donors (Lipinski definition) is 1. The second kappa shape index (κ2) is 6.26. The lowest BCUT2D eigenvalue weighted by Gasteiger charge is -2.18. The molecule has 1 N–H and O–H groups in total. The van der Waals surface area contributed by atoms with Crippen LogP contribution in [0.4, 0.5) is 5.69 Å². The van der Waals surface area contributed by atoms with E-state index in [2.05, 4.69) is 39.9 Å². The highest BCUT2D eigenvalue weighted by molar-refractivity contribution is 5.57. The Morgan fingerprint density at radius 1 is 1.14 bits per heavy atom. The van der Waals surface area contributed by atoms with Gasteiger partial charge >= 0.3 is 0 Å². The Balaban J connectivity index is 1.83. The fraction of sp³-hybridized carbons (Fsp3) is 0.188. The van der Waals surface area contributed by atoms with Gasteiger partial charge in [-0.2, -0.15) is 0 Å². The molecule has 0 bridgehead atoms. The van der Waals surface area contributed by atoms with E-state index in [1.54, 1.807) is 18.1 Å². The van der Waals surface area contributed by atoms with Gasteiger partial charge in [-0.05, 0) is 47.2 Å². The van der Waals surface area contributed by atoms with E-state index in [1.165, 1.54) is 0 Å². The number of benzene rings is 2. The van der Waals surface area contributed by atoms with Crippen molar-refractivity contribution < 1.29 is 4.74 Å². The number of anilines is 1. The van der Waals surface area contributed by atoms with E-state index in [1.807, 2.05) is 36.4 Å². The van der Waals surface area contributed by atoms with Crippen LogP contribution in [0.25, 0.3) is 5.69 Å². The zero-order valence-corrected chi connectivity index (χ0v) is 12.5. The summed E-state index contributed by atoms with van der Waals surface area (Å²) in [6.07, 6.45) is 1.58. The van der Waals surface area contributed by atoms with Crippen molar-refractivity contribution in [1.82, 2.24) is 20.2 Å². The lowest BCUT2D eigenvalue weighted by atomic mass is 10.1. The van der Waals surface area contributed by atoms with Crippen LogP contribution in [0.5, 0.6) is 5.75 Å². The van der Waals surface area contributed by atoms with Crippen molar-refractivity contribution in [2.45, 2.75) is 13.0 Å². The van der Waals surface area contributed by atoms with Gasteiger partial charge in [0.1, 0.15) is 12.1 Å². The molecule has 1 atom stereocenters. The summed E-state index contributed by atoms with van der Waals surface area (Å²) in [4.78, 5) is 0. The molecule has 0 radical (unpaired) electrons. The van der Waals surface area contributed by atoms with Gasteiger partial charge in [0.05, 0.1) is 18.5 Å². The number of nitrogens with one attached hydrogen (secondary N) is 1. The maximum Gasteiger partial charge on any atom is 0.143 e. The summed E-state index contributed by atoms with van der Waals surface area (Å²) in [6.45, 7) is 2.10. The molecule has 22 heavy (non-hydrogen) atoms. The molecule has 0 fully saturated rings. The molecule has 0 saturated carbocycles. The Morgan fingerprint density at radius 3 is 2.77 bits per heavy atom. The number of nitrogens with zero attached hydrogens (tertiary/aromatic N) is 4. The second-order valence-corrected chi connectivity index (χ2v) is 4.92. The number of tetrazole rings is 1. The first-order valence-corrected chi connectivity index (χ1v) is 7.01. The van der Waals surface area contributed by atoms with Gasteiger partial charge in [-0.3, -0.25) is 0 Å². The van der Waals surface area contributed by atoms with Crippen molar-refractivity contribution in [3.63, 3.8) is 0 Å². The molecule has 112 valence electrons. The fourth-order valence-electron chi connectivity index (χ4n) is 2.30. The SMILES string of the molecule is COc1ccccc1NC(C)c1cccc(-n2cnnn2)c1. The highest BCUT2D eigenvalue weighted by atomic mass is 16.5. The van der Waals surface area contributed by atoms with Gasteiger partial charge in [-0.1, -0.05) is 24.3 Å². The summed E-state index contributed by atoms with van der Waals surface area (Å²) in [7, 11) is 1.67. The first kappa shape index (κ1) is 14.1. The number of methoxy groups -OCH3 is 1. The molecular formula is C16H17N5O. The van der Waals surface area contributed by atoms with E-state index < -0.39 is 0 Å². The Bertz CT molecular complexity index is 742. The van der Waals surface area contributed by atoms with Crippen LogP contribution in [0.15, 0.2) is 54.9 Å². The summed E-state index contributed by atoms with van der Waals surface area (Å²) in [6, 6.07) is 16.1. The monoisotopic (exact) mass is 295 g/mol. The average molecular weight is 295 g/mol. The largest absolute Gasteiger partial charge is 0.495 e. The molecule has 0 aliphatic carbocycles. The fourth-order valence-corrected chi connectivity index (χ4v) is 2.30. The summed E-state index contributed by atoms with van der Waals surface area (Å²) in [5.41, 5.74) is 3.03. The van der Waals surface area contributed by atoms with E-state index >= 15 is 0 Å². The number of hydrogen-bond acceptors (Lipinski definition) is 5. The van der Waals surface area contributed by atoms with Crippen molar-refractivity contribution in [2.24, 2.45) is 0 Å². The van der Waals surface area contributed by atoms with Crippen LogP contribution in [-0.2, 0) is 0 Å². The van der Waals surface area contributed by atoms with Crippen LogP contribution in [0.1, 0.15) is 18.5 Å². The summed E-state index contributed by atoms with van der Waals surface area (Å²) in [5, 5.41) is 14.7. The third-order valence-corrected chi connectivity index (χ3v) is 3.46. The van der Waals surface area contributed by atoms with Gasteiger partial charge < -0.3 is 10.1 Å². The maximum atomic E-state index is 5.37. The van der Waals surface area contributed by atoms with E-state index in [0.717, 1.165) is 22.7 Å². The summed E-state index contributed by atoms with van der Waals surface area (Å²) >= 11 is 0. The molecule has 1 heterocycles. The number of aromatic nitrogens is 4. The minimum absolute atomic E-state index is 0.118. The molecule has 0 spiro atoms. The van der Waals surface area contributed by atoms with E-state index in [0.29, 0.717) is 0 Å². The molecule has 6 nitrogen and oxygen atoms in total. The Morgan fingerprint density at radius 2 is 2.00 bits per heavy atom. The van der Waals surface area contributed by atoms with Crippen LogP contribution in [-0.4, -0.2) is 27.3 Å². The second-order valence-electron chi connectivity index (χ2n) is 4.92. The molecule has 0 saturated heterocycles. The Labute approximate surface area is 128 Å². The van der Waals surface area contributed by atoms with Crippen molar-refractivity contribution in [3.8, 4) is 11.4 Å². The standard InChI is InChI=1S/C16H17N5O/c1-12(18-15-8-3-4-9-16(15)22-2)13-6-5-7-14(10-13)21-11-17-19-20-21/h3-12,18H,1-2H3. The molecule has 1 unspecified atom stereocenters. The van der Waals surface area contributed by atoms with E-state index in [-0.39, 0.29) is 6.04 Å². The third kappa shape index (κ3) is 2.90. The summed E-state index contributed by atoms with van der Waals surface area (Å²) in [5.74, 6) is 0.825. The third-order valence-electron chi connectivity index (χ3n) is 3.46. The quantitative estimate of drug-likeness (QED) is 0.784. The minimum Gasteiger partial charge on any atom is -0.495 e. The predicted octanol–water partition coefficient (Wildman–Crippen LogP) is 2.84. The highest BCUT2D eigenvalue weighted by Crippen LogP contribution is 2.28. The minimum atomic E-state index is 0.118. The number of ether oxygens (including phenoxy) is 1. The molecular weight excluding hydrogens is 278 g/mol. The molecule has 1 aromatic heterocycles. The molecule has 2 aromatic carbocycles. The van der Waals surface area contributed by atoms with Gasteiger partial charge in [0.25, 0.3) is 0 Å². The van der Waals surface area contributed by atoms with Crippen molar-refractivity contribution in [3.05, 3.63) is 60.4 Å². The topological polar surface area (TPSA) is 64.9 Å². The van der Waals surface area contributed by atoms with Gasteiger partial charge in [-0.25, -0.2) is 4.68 Å². The average Bonchev–Trinajstić information content (AvgIpc) is 3.10. The Kier molecular flexibility index (Phi) is 4.00. The van der Waals surface area contributed by atoms with Gasteiger partial charge in [0.2, 0.25) is 0 Å². The van der Waals surface area contributed by atoms with E-state index in [4.69, 9.17) is 4.74 Å². The molecule has 0 aliphatic rings. The maximum absolute atomic E-state index is 5.37. The molecule has 0 aliphatic heterocycles. The van der Waals surface area contributed by atoms with Crippen LogP contribution in [0, 0.1) is 0 Å². The first-order chi connectivity index (χ1) is 10.8. The highest BCUT2D eigenvalue weighted by Gasteiger charge is 2.09. The zero-order valence-electron chi connectivity index (χ0n) is 12.5. The number of para-hydroxylation sites is 2. The Hall–Kier alpha value is -2.89. The van der Waals surface area contributed by atoms with Gasteiger partial charge in [0.15, 0.2) is 0 Å². The summed E-state index contributed by atoms with van der Waals surface area (Å²) < 4.78 is 7.01. The molecule has 3 rings (SSSR count). The lowest BCUT2D eigenvalue weighted by molar-refractivity contribution is 0.416. The van der Waals surface area contributed by atoms with Crippen molar-refractivity contribution >= 4 is 5.69 Å². The first-order valence-electron chi connectivity index (χ1n) is 7.01. The predicted molar refractivity (Wildman–Crippen MR) is 84.2 cm³/mol. The normalized spacial score (nSPS) is 11.9. The molecule has 6 heteroatoms. The van der Waals surface area contributed by atoms with Crippen molar-refractivity contribution in [2.75, 3.05) is 12.4 Å². The van der Waals surface area contributed by atoms with Crippen LogP contribution >= 0.6 is 0 Å². The smallest absolute Gasteiger partial charge is 0.143 e. The van der Waals surface area contributed by atoms with Gasteiger partial charge in [0, 0.05) is 6.04 Å².